The van der Waals surface area contributed by atoms with Crippen LogP contribution in [0.15, 0.2) is 23.8 Å². The van der Waals surface area contributed by atoms with Crippen LogP contribution in [0.1, 0.15) is 73.1 Å². The lowest BCUT2D eigenvalue weighted by Gasteiger charge is -2.60. The second kappa shape index (κ2) is 9.27. The van der Waals surface area contributed by atoms with Gasteiger partial charge in [0, 0.05) is 23.9 Å². The third kappa shape index (κ3) is 3.36. The van der Waals surface area contributed by atoms with E-state index >= 15 is 0 Å². The van der Waals surface area contributed by atoms with Gasteiger partial charge in [0.05, 0.1) is 12.2 Å². The molecule has 1 saturated heterocycles. The van der Waals surface area contributed by atoms with Crippen molar-refractivity contribution in [2.45, 2.75) is 97.2 Å². The molecule has 0 aromatic rings. The number of aliphatic hydroxyl groups is 1. The third-order valence-electron chi connectivity index (χ3n) is 9.65. The first-order valence-corrected chi connectivity index (χ1v) is 13.2. The lowest BCUT2D eigenvalue weighted by molar-refractivity contribution is -0.203. The van der Waals surface area contributed by atoms with E-state index in [0.29, 0.717) is 12.3 Å². The molecule has 6 nitrogen and oxygen atoms in total. The van der Waals surface area contributed by atoms with Crippen LogP contribution < -0.4 is 0 Å². The van der Waals surface area contributed by atoms with Gasteiger partial charge in [-0.15, -0.1) is 0 Å². The van der Waals surface area contributed by atoms with Gasteiger partial charge >= 0.3 is 0 Å². The number of rotatable bonds is 5. The summed E-state index contributed by atoms with van der Waals surface area (Å²) in [5.41, 5.74) is -0.625. The molecular formula is C28H42O6. The summed E-state index contributed by atoms with van der Waals surface area (Å²) in [6.45, 7) is 9.94. The van der Waals surface area contributed by atoms with Crippen molar-refractivity contribution in [3.05, 3.63) is 23.8 Å². The van der Waals surface area contributed by atoms with Crippen molar-refractivity contribution < 1.29 is 28.9 Å². The van der Waals surface area contributed by atoms with Crippen molar-refractivity contribution in [2.75, 3.05) is 13.7 Å². The van der Waals surface area contributed by atoms with E-state index in [4.69, 9.17) is 14.2 Å². The Kier molecular flexibility index (Phi) is 7.02. The molecule has 0 aromatic heterocycles. The quantitative estimate of drug-likeness (QED) is 0.636. The van der Waals surface area contributed by atoms with Gasteiger partial charge in [-0.05, 0) is 56.1 Å². The Balaban J connectivity index is 0.00000133. The smallest absolute Gasteiger partial charge is 0.193 e. The molecular weight excluding hydrogens is 432 g/mol. The summed E-state index contributed by atoms with van der Waals surface area (Å²) >= 11 is 0. The Morgan fingerprint density at radius 2 is 2.03 bits per heavy atom. The maximum atomic E-state index is 13.4. The van der Waals surface area contributed by atoms with Crippen molar-refractivity contribution >= 4 is 11.6 Å². The highest BCUT2D eigenvalue weighted by atomic mass is 16.7. The minimum atomic E-state index is -1.12. The molecule has 1 heterocycles. The molecule has 6 heteroatoms. The van der Waals surface area contributed by atoms with E-state index in [1.807, 2.05) is 19.9 Å². The molecule has 1 aliphatic heterocycles. The predicted molar refractivity (Wildman–Crippen MR) is 129 cm³/mol. The maximum absolute atomic E-state index is 13.4. The molecule has 9 unspecified atom stereocenters. The van der Waals surface area contributed by atoms with Gasteiger partial charge in [-0.1, -0.05) is 52.7 Å². The molecule has 34 heavy (non-hydrogen) atoms. The summed E-state index contributed by atoms with van der Waals surface area (Å²) in [7, 11) is 1.75. The molecule has 9 atom stereocenters. The summed E-state index contributed by atoms with van der Waals surface area (Å²) in [5, 5.41) is 9.97. The van der Waals surface area contributed by atoms with Crippen molar-refractivity contribution in [1.82, 2.24) is 0 Å². The number of ketones is 2. The second-order valence-corrected chi connectivity index (χ2v) is 10.9. The number of Topliss-reactive ketones (excluding diaryl/α,β-unsaturated/α-hetero) is 1. The van der Waals surface area contributed by atoms with E-state index in [1.165, 1.54) is 5.57 Å². The number of fused-ring (bicyclic) bond motifs is 7. The van der Waals surface area contributed by atoms with E-state index < -0.39 is 23.9 Å². The summed E-state index contributed by atoms with van der Waals surface area (Å²) in [6, 6.07) is 0. The average molecular weight is 475 g/mol. The highest BCUT2D eigenvalue weighted by molar-refractivity contribution is 6.01. The van der Waals surface area contributed by atoms with E-state index in [-0.39, 0.29) is 41.0 Å². The Hall–Kier alpha value is -1.34. The lowest BCUT2D eigenvalue weighted by Crippen LogP contribution is -2.63. The van der Waals surface area contributed by atoms with Crippen LogP contribution in [0.5, 0.6) is 0 Å². The van der Waals surface area contributed by atoms with Gasteiger partial charge in [0.2, 0.25) is 0 Å². The van der Waals surface area contributed by atoms with E-state index in [9.17, 15) is 14.7 Å². The highest BCUT2D eigenvalue weighted by Gasteiger charge is 2.75. The van der Waals surface area contributed by atoms with Crippen LogP contribution in [0, 0.1) is 28.6 Å². The molecule has 0 amide bonds. The molecule has 0 radical (unpaired) electrons. The maximum Gasteiger partial charge on any atom is 0.193 e. The number of ether oxygens (including phenoxy) is 3. The van der Waals surface area contributed by atoms with Crippen molar-refractivity contribution in [3.63, 3.8) is 0 Å². The summed E-state index contributed by atoms with van der Waals surface area (Å²) in [4.78, 5) is 25.4. The van der Waals surface area contributed by atoms with Crippen LogP contribution in [0.25, 0.3) is 0 Å². The SMILES string of the molecule is CC.CCCC1OC2CC3C4CCC5=CC(=O)C=CC5(C)C4C(OC)CC3(C)C2(C(=O)CO)O1. The normalized spacial score (nSPS) is 46.4. The van der Waals surface area contributed by atoms with Gasteiger partial charge in [0.1, 0.15) is 6.61 Å². The van der Waals surface area contributed by atoms with Crippen LogP contribution in [-0.2, 0) is 23.8 Å². The molecule has 3 saturated carbocycles. The fraction of sp³-hybridized carbons (Fsp3) is 0.786. The first-order chi connectivity index (χ1) is 16.2. The number of methoxy groups -OCH3 is 1. The van der Waals surface area contributed by atoms with Crippen LogP contribution >= 0.6 is 0 Å². The number of allylic oxidation sites excluding steroid dienone is 4. The Morgan fingerprint density at radius 1 is 1.29 bits per heavy atom. The van der Waals surface area contributed by atoms with Crippen LogP contribution in [0.3, 0.4) is 0 Å². The van der Waals surface area contributed by atoms with Gasteiger partial charge in [-0.3, -0.25) is 9.59 Å². The zero-order chi connectivity index (χ0) is 24.9. The summed E-state index contributed by atoms with van der Waals surface area (Å²) in [6.07, 6.45) is 9.71. The molecule has 5 aliphatic rings. The molecule has 0 aromatic carbocycles. The van der Waals surface area contributed by atoms with Crippen molar-refractivity contribution in [2.24, 2.45) is 28.6 Å². The number of carbonyl (C=O) groups is 2. The Bertz CT molecular complexity index is 878. The second-order valence-electron chi connectivity index (χ2n) is 10.9. The first-order valence-electron chi connectivity index (χ1n) is 13.2. The van der Waals surface area contributed by atoms with E-state index in [1.54, 1.807) is 13.2 Å². The zero-order valence-corrected chi connectivity index (χ0v) is 21.6. The molecule has 0 bridgehead atoms. The largest absolute Gasteiger partial charge is 0.388 e. The van der Waals surface area contributed by atoms with Gasteiger partial charge < -0.3 is 19.3 Å². The number of carbonyl (C=O) groups excluding carboxylic acids is 2. The molecule has 0 spiro atoms. The Labute approximate surface area is 204 Å². The van der Waals surface area contributed by atoms with Crippen molar-refractivity contribution in [1.29, 1.82) is 0 Å². The topological polar surface area (TPSA) is 82.1 Å². The first kappa shape index (κ1) is 25.7. The fourth-order valence-electron chi connectivity index (χ4n) is 8.31. The van der Waals surface area contributed by atoms with Crippen LogP contribution in [0.2, 0.25) is 0 Å². The molecule has 5 rings (SSSR count). The highest BCUT2D eigenvalue weighted by Crippen LogP contribution is 2.70. The molecule has 4 fully saturated rings. The third-order valence-corrected chi connectivity index (χ3v) is 9.65. The number of hydrogen-bond donors (Lipinski definition) is 1. The lowest BCUT2D eigenvalue weighted by atomic mass is 9.46. The minimum absolute atomic E-state index is 0.0669. The van der Waals surface area contributed by atoms with E-state index in [0.717, 1.165) is 32.1 Å². The zero-order valence-electron chi connectivity index (χ0n) is 21.6. The summed E-state index contributed by atoms with van der Waals surface area (Å²) in [5.74, 6) is 0.583. The van der Waals surface area contributed by atoms with E-state index in [2.05, 4.69) is 26.8 Å². The minimum Gasteiger partial charge on any atom is -0.388 e. The number of aliphatic hydroxyl groups excluding tert-OH is 1. The molecule has 4 aliphatic carbocycles. The van der Waals surface area contributed by atoms with Gasteiger partial charge in [-0.2, -0.15) is 0 Å². The van der Waals surface area contributed by atoms with Gasteiger partial charge in [0.15, 0.2) is 23.5 Å². The fourth-order valence-corrected chi connectivity index (χ4v) is 8.31. The summed E-state index contributed by atoms with van der Waals surface area (Å²) < 4.78 is 19.0. The monoisotopic (exact) mass is 474 g/mol. The molecule has 190 valence electrons. The van der Waals surface area contributed by atoms with Crippen molar-refractivity contribution in [3.8, 4) is 0 Å². The molecule has 1 N–H and O–H groups in total. The van der Waals surface area contributed by atoms with Crippen LogP contribution in [0.4, 0.5) is 0 Å². The predicted octanol–water partition coefficient (Wildman–Crippen LogP) is 4.40. The van der Waals surface area contributed by atoms with Gasteiger partial charge in [-0.25, -0.2) is 0 Å². The number of hydrogen-bond acceptors (Lipinski definition) is 6. The Morgan fingerprint density at radius 3 is 2.68 bits per heavy atom. The van der Waals surface area contributed by atoms with Crippen LogP contribution in [-0.4, -0.2) is 54.5 Å². The standard InChI is InChI=1S/C26H36O6.C2H6/c1-5-6-22-31-21-12-18-17-8-7-15-11-16(28)9-10-24(15,2)23(17)19(30-4)13-25(18,3)26(21,32-22)20(29)14-27;1-2/h9-11,17-19,21-23,27H,5-8,12-14H2,1-4H3;1-2H3. The van der Waals surface area contributed by atoms with Gasteiger partial charge in [0.25, 0.3) is 0 Å². The average Bonchev–Trinajstić information content (AvgIpc) is 3.32.